The van der Waals surface area contributed by atoms with Crippen molar-refractivity contribution in [3.8, 4) is 0 Å². The van der Waals surface area contributed by atoms with Crippen LogP contribution in [-0.2, 0) is 20.8 Å². The van der Waals surface area contributed by atoms with E-state index in [2.05, 4.69) is 29.0 Å². The van der Waals surface area contributed by atoms with E-state index in [0.717, 1.165) is 38.2 Å². The van der Waals surface area contributed by atoms with E-state index < -0.39 is 6.10 Å². The number of hydrogen-bond acceptors (Lipinski definition) is 7. The summed E-state index contributed by atoms with van der Waals surface area (Å²) in [5.41, 5.74) is 6.56. The van der Waals surface area contributed by atoms with E-state index in [9.17, 15) is 4.79 Å². The number of hydrogen-bond donors (Lipinski definition) is 2. The second-order valence-electron chi connectivity index (χ2n) is 6.64. The summed E-state index contributed by atoms with van der Waals surface area (Å²) < 4.78 is 11.4. The summed E-state index contributed by atoms with van der Waals surface area (Å²) in [6.07, 6.45) is 1.62. The maximum atomic E-state index is 12.2. The lowest BCUT2D eigenvalue weighted by atomic mass is 10.2. The van der Waals surface area contributed by atoms with Gasteiger partial charge in [0.15, 0.2) is 5.13 Å². The number of nitrogens with zero attached hydrogens (tertiary/aromatic N) is 2. The fraction of sp³-hybridized carbons (Fsp3) is 0.750. The van der Waals surface area contributed by atoms with Crippen molar-refractivity contribution in [2.45, 2.75) is 57.6 Å². The first-order valence-corrected chi connectivity index (χ1v) is 9.40. The van der Waals surface area contributed by atoms with Crippen molar-refractivity contribution < 1.29 is 14.3 Å². The summed E-state index contributed by atoms with van der Waals surface area (Å²) in [4.78, 5) is 19.1. The lowest BCUT2D eigenvalue weighted by molar-refractivity contribution is -0.126. The van der Waals surface area contributed by atoms with Gasteiger partial charge in [-0.25, -0.2) is 4.98 Å². The Bertz CT molecular complexity index is 567. The van der Waals surface area contributed by atoms with Crippen LogP contribution >= 0.6 is 36.2 Å². The first kappa shape index (κ1) is 23.6. The van der Waals surface area contributed by atoms with Gasteiger partial charge in [-0.2, -0.15) is 0 Å². The van der Waals surface area contributed by atoms with Gasteiger partial charge in [-0.15, -0.1) is 36.2 Å². The topological polar surface area (TPSA) is 89.7 Å². The molecule has 2 saturated heterocycles. The third kappa shape index (κ3) is 6.30. The van der Waals surface area contributed by atoms with Gasteiger partial charge in [0.25, 0.3) is 5.91 Å². The molecule has 0 radical (unpaired) electrons. The summed E-state index contributed by atoms with van der Waals surface area (Å²) in [6.45, 7) is 7.22. The second-order valence-corrected chi connectivity index (χ2v) is 7.50. The normalized spacial score (nSPS) is 28.9. The lowest BCUT2D eigenvalue weighted by Gasteiger charge is -2.34. The number of nitrogens with one attached hydrogen (secondary N) is 1. The van der Waals surface area contributed by atoms with Gasteiger partial charge < -0.3 is 15.2 Å². The third-order valence-electron chi connectivity index (χ3n) is 4.33. The van der Waals surface area contributed by atoms with Crippen LogP contribution in [0.3, 0.4) is 0 Å². The van der Waals surface area contributed by atoms with E-state index in [0.29, 0.717) is 11.7 Å². The van der Waals surface area contributed by atoms with Crippen molar-refractivity contribution in [2.24, 2.45) is 5.73 Å². The van der Waals surface area contributed by atoms with Gasteiger partial charge in [-0.1, -0.05) is 0 Å². The summed E-state index contributed by atoms with van der Waals surface area (Å²) in [6, 6.07) is 0. The smallest absolute Gasteiger partial charge is 0.255 e. The third-order valence-corrected chi connectivity index (χ3v) is 5.13. The number of carbonyl (C=O) groups is 1. The number of amides is 1. The molecule has 2 aliphatic heterocycles. The summed E-state index contributed by atoms with van der Waals surface area (Å²) in [5, 5.41) is 5.49. The van der Waals surface area contributed by atoms with Crippen molar-refractivity contribution in [3.63, 3.8) is 0 Å². The SMILES string of the molecule is CC1CN(Cc2csc(NC(=O)[C@@H]3CC[C@H](CN)O3)n2)CC(C)O1.Cl.Cl. The molecule has 3 N–H and O–H groups in total. The summed E-state index contributed by atoms with van der Waals surface area (Å²) in [5.74, 6) is -0.125. The van der Waals surface area contributed by atoms with Crippen LogP contribution in [0.25, 0.3) is 0 Å². The fourth-order valence-corrected chi connectivity index (χ4v) is 4.04. The maximum absolute atomic E-state index is 12.2. The van der Waals surface area contributed by atoms with E-state index in [1.54, 1.807) is 0 Å². The molecule has 3 heterocycles. The van der Waals surface area contributed by atoms with Crippen LogP contribution in [0.2, 0.25) is 0 Å². The molecule has 26 heavy (non-hydrogen) atoms. The molecule has 2 unspecified atom stereocenters. The van der Waals surface area contributed by atoms with Gasteiger partial charge in [0, 0.05) is 31.6 Å². The molecule has 7 nitrogen and oxygen atoms in total. The Kier molecular flexibility index (Phi) is 9.74. The van der Waals surface area contributed by atoms with E-state index in [1.807, 2.05) is 5.38 Å². The van der Waals surface area contributed by atoms with Crippen molar-refractivity contribution >= 4 is 47.2 Å². The van der Waals surface area contributed by atoms with E-state index >= 15 is 0 Å². The summed E-state index contributed by atoms with van der Waals surface area (Å²) >= 11 is 1.45. The number of aromatic nitrogens is 1. The number of nitrogens with two attached hydrogens (primary N) is 1. The molecular formula is C16H28Cl2N4O3S. The molecule has 0 saturated carbocycles. The molecule has 1 aromatic heterocycles. The number of anilines is 1. The summed E-state index contributed by atoms with van der Waals surface area (Å²) in [7, 11) is 0. The Morgan fingerprint density at radius 1 is 1.31 bits per heavy atom. The van der Waals surface area contributed by atoms with Gasteiger partial charge in [0.2, 0.25) is 0 Å². The number of carbonyl (C=O) groups excluding carboxylic acids is 1. The number of morpholine rings is 1. The molecule has 150 valence electrons. The predicted molar refractivity (Wildman–Crippen MR) is 107 cm³/mol. The highest BCUT2D eigenvalue weighted by atomic mass is 35.5. The highest BCUT2D eigenvalue weighted by Crippen LogP contribution is 2.23. The van der Waals surface area contributed by atoms with Crippen LogP contribution in [-0.4, -0.2) is 59.8 Å². The maximum Gasteiger partial charge on any atom is 0.255 e. The second kappa shape index (κ2) is 10.8. The zero-order valence-electron chi connectivity index (χ0n) is 15.1. The van der Waals surface area contributed by atoms with Gasteiger partial charge >= 0.3 is 0 Å². The van der Waals surface area contributed by atoms with Crippen LogP contribution in [0, 0.1) is 0 Å². The van der Waals surface area contributed by atoms with E-state index in [1.165, 1.54) is 11.3 Å². The Balaban J connectivity index is 0.00000169. The van der Waals surface area contributed by atoms with Crippen molar-refractivity contribution in [1.82, 2.24) is 9.88 Å². The molecule has 0 spiro atoms. The first-order chi connectivity index (χ1) is 11.5. The molecule has 0 aliphatic carbocycles. The van der Waals surface area contributed by atoms with Crippen LogP contribution in [0.5, 0.6) is 0 Å². The van der Waals surface area contributed by atoms with Gasteiger partial charge in [-0.3, -0.25) is 15.0 Å². The molecule has 0 bridgehead atoms. The van der Waals surface area contributed by atoms with Crippen molar-refractivity contribution in [1.29, 1.82) is 0 Å². The molecule has 10 heteroatoms. The number of ether oxygens (including phenoxy) is 2. The highest BCUT2D eigenvalue weighted by Gasteiger charge is 2.30. The monoisotopic (exact) mass is 426 g/mol. The Morgan fingerprint density at radius 2 is 2.00 bits per heavy atom. The molecule has 1 aromatic rings. The van der Waals surface area contributed by atoms with Crippen LogP contribution in [0.1, 0.15) is 32.4 Å². The number of halogens is 2. The van der Waals surface area contributed by atoms with Crippen LogP contribution in [0.15, 0.2) is 5.38 Å². The minimum absolute atomic E-state index is 0. The minimum Gasteiger partial charge on any atom is -0.373 e. The Hall–Kier alpha value is -0.480. The van der Waals surface area contributed by atoms with Gasteiger partial charge in [0.05, 0.1) is 24.0 Å². The molecule has 2 fully saturated rings. The number of thiazole rings is 1. The average molecular weight is 427 g/mol. The zero-order valence-corrected chi connectivity index (χ0v) is 17.5. The Labute approximate surface area is 170 Å². The predicted octanol–water partition coefficient (Wildman–Crippen LogP) is 2.04. The van der Waals surface area contributed by atoms with Crippen LogP contribution in [0.4, 0.5) is 5.13 Å². The minimum atomic E-state index is -0.410. The molecule has 2 aliphatic rings. The lowest BCUT2D eigenvalue weighted by Crippen LogP contribution is -2.44. The quantitative estimate of drug-likeness (QED) is 0.748. The molecular weight excluding hydrogens is 399 g/mol. The molecule has 1 amide bonds. The highest BCUT2D eigenvalue weighted by molar-refractivity contribution is 7.13. The Morgan fingerprint density at radius 3 is 2.62 bits per heavy atom. The standard InChI is InChI=1S/C16H26N4O3S.2ClH/c1-10-6-20(7-11(2)22-10)8-12-9-24-16(18-12)19-15(21)14-4-3-13(5-17)23-14;;/h9-11,13-14H,3-8,17H2,1-2H3,(H,18,19,21);2*1H/t10?,11?,13-,14+;;/m1../s1. The van der Waals surface area contributed by atoms with Gasteiger partial charge in [0.1, 0.15) is 6.10 Å². The largest absolute Gasteiger partial charge is 0.373 e. The van der Waals surface area contributed by atoms with Crippen LogP contribution < -0.4 is 11.1 Å². The fourth-order valence-electron chi connectivity index (χ4n) is 3.34. The van der Waals surface area contributed by atoms with Crippen molar-refractivity contribution in [2.75, 3.05) is 25.0 Å². The van der Waals surface area contributed by atoms with Gasteiger partial charge in [-0.05, 0) is 26.7 Å². The zero-order chi connectivity index (χ0) is 17.1. The molecule has 0 aromatic carbocycles. The molecule has 4 atom stereocenters. The van der Waals surface area contributed by atoms with E-state index in [-0.39, 0.29) is 49.0 Å². The van der Waals surface area contributed by atoms with Crippen molar-refractivity contribution in [3.05, 3.63) is 11.1 Å². The van der Waals surface area contributed by atoms with E-state index in [4.69, 9.17) is 15.2 Å². The number of rotatable bonds is 5. The molecule has 3 rings (SSSR count). The first-order valence-electron chi connectivity index (χ1n) is 8.52. The average Bonchev–Trinajstić information content (AvgIpc) is 3.15.